The van der Waals surface area contributed by atoms with E-state index in [1.807, 2.05) is 0 Å². The largest absolute Gasteiger partial charge is 0.379 e. The molecular formula is C18H30N2O. The Kier molecular flexibility index (Phi) is 6.22. The molecule has 1 fully saturated rings. The molecule has 2 N–H and O–H groups in total. The molecule has 118 valence electrons. The minimum atomic E-state index is 0.0977. The highest BCUT2D eigenvalue weighted by Gasteiger charge is 2.36. The summed E-state index contributed by atoms with van der Waals surface area (Å²) in [6.07, 6.45) is 4.46. The van der Waals surface area contributed by atoms with E-state index in [2.05, 4.69) is 49.1 Å². The van der Waals surface area contributed by atoms with Gasteiger partial charge in [0.2, 0.25) is 0 Å². The third kappa shape index (κ3) is 4.29. The third-order valence-corrected chi connectivity index (χ3v) is 5.07. The van der Waals surface area contributed by atoms with E-state index in [0.29, 0.717) is 0 Å². The second-order valence-electron chi connectivity index (χ2n) is 6.29. The van der Waals surface area contributed by atoms with Gasteiger partial charge in [0.25, 0.3) is 0 Å². The Morgan fingerprint density at radius 2 is 1.90 bits per heavy atom. The summed E-state index contributed by atoms with van der Waals surface area (Å²) in [7, 11) is 0. The first kappa shape index (κ1) is 16.5. The normalized spacial score (nSPS) is 20.9. The van der Waals surface area contributed by atoms with Crippen LogP contribution in [0, 0.1) is 0 Å². The third-order valence-electron chi connectivity index (χ3n) is 5.07. The molecule has 0 radical (unpaired) electrons. The maximum absolute atomic E-state index is 6.58. The van der Waals surface area contributed by atoms with Gasteiger partial charge in [-0.15, -0.1) is 0 Å². The molecule has 0 saturated carbocycles. The lowest BCUT2D eigenvalue weighted by molar-refractivity contribution is -0.0284. The molecule has 0 spiro atoms. The zero-order chi connectivity index (χ0) is 15.1. The van der Waals surface area contributed by atoms with Crippen LogP contribution in [-0.4, -0.2) is 42.8 Å². The molecule has 3 heteroatoms. The number of ether oxygens (including phenoxy) is 1. The maximum atomic E-state index is 6.58. The number of rotatable bonds is 7. The van der Waals surface area contributed by atoms with E-state index in [1.165, 1.54) is 5.56 Å². The van der Waals surface area contributed by atoms with E-state index < -0.39 is 0 Å². The van der Waals surface area contributed by atoms with Gasteiger partial charge < -0.3 is 10.5 Å². The fraction of sp³-hybridized carbons (Fsp3) is 0.667. The molecule has 3 nitrogen and oxygen atoms in total. The van der Waals surface area contributed by atoms with Crippen molar-refractivity contribution < 1.29 is 4.74 Å². The molecule has 2 atom stereocenters. The SMILES string of the molecule is CCC(C)(C(N)CCCc1ccccc1)N1CCOCC1. The molecule has 2 rings (SSSR count). The van der Waals surface area contributed by atoms with Crippen LogP contribution < -0.4 is 5.73 Å². The van der Waals surface area contributed by atoms with Gasteiger partial charge in [0.15, 0.2) is 0 Å². The van der Waals surface area contributed by atoms with Crippen molar-refractivity contribution >= 4 is 0 Å². The van der Waals surface area contributed by atoms with Gasteiger partial charge >= 0.3 is 0 Å². The first-order valence-corrected chi connectivity index (χ1v) is 8.29. The Hall–Kier alpha value is -0.900. The minimum absolute atomic E-state index is 0.0977. The van der Waals surface area contributed by atoms with E-state index >= 15 is 0 Å². The summed E-state index contributed by atoms with van der Waals surface area (Å²) in [5.41, 5.74) is 8.08. The van der Waals surface area contributed by atoms with E-state index in [1.54, 1.807) is 0 Å². The van der Waals surface area contributed by atoms with Gasteiger partial charge in [-0.3, -0.25) is 4.90 Å². The standard InChI is InChI=1S/C18H30N2O/c1-3-18(2,20-12-14-21-15-13-20)17(19)11-7-10-16-8-5-4-6-9-16/h4-6,8-9,17H,3,7,10-15,19H2,1-2H3. The van der Waals surface area contributed by atoms with E-state index in [0.717, 1.165) is 52.0 Å². The van der Waals surface area contributed by atoms with Crippen molar-refractivity contribution in [2.45, 2.75) is 51.1 Å². The Bertz CT molecular complexity index is 403. The monoisotopic (exact) mass is 290 g/mol. The number of aryl methyl sites for hydroxylation is 1. The van der Waals surface area contributed by atoms with Gasteiger partial charge in [-0.2, -0.15) is 0 Å². The molecular weight excluding hydrogens is 260 g/mol. The van der Waals surface area contributed by atoms with Gasteiger partial charge in [-0.05, 0) is 38.2 Å². The van der Waals surface area contributed by atoms with Crippen LogP contribution in [0.3, 0.4) is 0 Å². The summed E-state index contributed by atoms with van der Waals surface area (Å²) < 4.78 is 5.48. The van der Waals surface area contributed by atoms with Crippen LogP contribution in [0.1, 0.15) is 38.7 Å². The summed E-state index contributed by atoms with van der Waals surface area (Å²) >= 11 is 0. The van der Waals surface area contributed by atoms with Crippen molar-refractivity contribution in [3.05, 3.63) is 35.9 Å². The van der Waals surface area contributed by atoms with Gasteiger partial charge in [0, 0.05) is 24.7 Å². The van der Waals surface area contributed by atoms with Crippen LogP contribution in [0.15, 0.2) is 30.3 Å². The van der Waals surface area contributed by atoms with E-state index in [9.17, 15) is 0 Å². The average molecular weight is 290 g/mol. The topological polar surface area (TPSA) is 38.5 Å². The van der Waals surface area contributed by atoms with Crippen LogP contribution >= 0.6 is 0 Å². The predicted octanol–water partition coefficient (Wildman–Crippen LogP) is 2.84. The number of hydrogen-bond acceptors (Lipinski definition) is 3. The van der Waals surface area contributed by atoms with Crippen molar-refractivity contribution in [3.63, 3.8) is 0 Å². The lowest BCUT2D eigenvalue weighted by Crippen LogP contribution is -2.60. The van der Waals surface area contributed by atoms with Crippen LogP contribution in [0.2, 0.25) is 0 Å². The lowest BCUT2D eigenvalue weighted by Gasteiger charge is -2.46. The zero-order valence-corrected chi connectivity index (χ0v) is 13.6. The van der Waals surface area contributed by atoms with Crippen molar-refractivity contribution in [2.24, 2.45) is 5.73 Å². The number of hydrogen-bond donors (Lipinski definition) is 1. The molecule has 1 saturated heterocycles. The lowest BCUT2D eigenvalue weighted by atomic mass is 9.84. The fourth-order valence-electron chi connectivity index (χ4n) is 3.28. The van der Waals surface area contributed by atoms with Gasteiger partial charge in [0.05, 0.1) is 13.2 Å². The first-order chi connectivity index (χ1) is 10.2. The summed E-state index contributed by atoms with van der Waals surface area (Å²) in [5.74, 6) is 0. The predicted molar refractivity (Wildman–Crippen MR) is 88.4 cm³/mol. The maximum Gasteiger partial charge on any atom is 0.0594 e. The zero-order valence-electron chi connectivity index (χ0n) is 13.6. The highest BCUT2D eigenvalue weighted by atomic mass is 16.5. The Balaban J connectivity index is 1.85. The van der Waals surface area contributed by atoms with Crippen molar-refractivity contribution in [3.8, 4) is 0 Å². The smallest absolute Gasteiger partial charge is 0.0594 e. The Morgan fingerprint density at radius 3 is 2.52 bits per heavy atom. The molecule has 0 aliphatic carbocycles. The van der Waals surface area contributed by atoms with E-state index in [-0.39, 0.29) is 11.6 Å². The molecule has 0 aromatic heterocycles. The molecule has 1 aliphatic heterocycles. The second-order valence-corrected chi connectivity index (χ2v) is 6.29. The molecule has 1 heterocycles. The number of nitrogens with two attached hydrogens (primary N) is 1. The fourth-order valence-corrected chi connectivity index (χ4v) is 3.28. The van der Waals surface area contributed by atoms with Gasteiger partial charge in [0.1, 0.15) is 0 Å². The highest BCUT2D eigenvalue weighted by molar-refractivity contribution is 5.14. The molecule has 2 unspecified atom stereocenters. The first-order valence-electron chi connectivity index (χ1n) is 8.29. The number of benzene rings is 1. The summed E-state index contributed by atoms with van der Waals surface area (Å²) in [5, 5.41) is 0. The Morgan fingerprint density at radius 1 is 1.24 bits per heavy atom. The summed E-state index contributed by atoms with van der Waals surface area (Å²) in [6, 6.07) is 10.9. The number of nitrogens with zero attached hydrogens (tertiary/aromatic N) is 1. The average Bonchev–Trinajstić information content (AvgIpc) is 2.55. The van der Waals surface area contributed by atoms with Crippen LogP contribution in [0.5, 0.6) is 0 Å². The van der Waals surface area contributed by atoms with Crippen LogP contribution in [0.25, 0.3) is 0 Å². The second kappa shape index (κ2) is 7.92. The molecule has 1 aliphatic rings. The summed E-state index contributed by atoms with van der Waals surface area (Å²) in [6.45, 7) is 8.28. The molecule has 0 bridgehead atoms. The molecule has 0 amide bonds. The van der Waals surface area contributed by atoms with Crippen molar-refractivity contribution in [2.75, 3.05) is 26.3 Å². The van der Waals surface area contributed by atoms with Crippen molar-refractivity contribution in [1.82, 2.24) is 4.90 Å². The molecule has 1 aromatic carbocycles. The number of morpholine rings is 1. The van der Waals surface area contributed by atoms with Crippen LogP contribution in [-0.2, 0) is 11.2 Å². The highest BCUT2D eigenvalue weighted by Crippen LogP contribution is 2.26. The quantitative estimate of drug-likeness (QED) is 0.839. The molecule has 1 aromatic rings. The van der Waals surface area contributed by atoms with Gasteiger partial charge in [-0.1, -0.05) is 37.3 Å². The Labute approximate surface area is 129 Å². The van der Waals surface area contributed by atoms with Crippen molar-refractivity contribution in [1.29, 1.82) is 0 Å². The van der Waals surface area contributed by atoms with Gasteiger partial charge in [-0.25, -0.2) is 0 Å². The van der Waals surface area contributed by atoms with E-state index in [4.69, 9.17) is 10.5 Å². The molecule has 21 heavy (non-hydrogen) atoms. The van der Waals surface area contributed by atoms with Crippen LogP contribution in [0.4, 0.5) is 0 Å². The minimum Gasteiger partial charge on any atom is -0.379 e. The summed E-state index contributed by atoms with van der Waals surface area (Å²) in [4.78, 5) is 2.53.